The number of hydrogen-bond acceptors (Lipinski definition) is 4. The number of nitriles is 1. The van der Waals surface area contributed by atoms with Gasteiger partial charge in [-0.05, 0) is 43.7 Å². The lowest BCUT2D eigenvalue weighted by molar-refractivity contribution is -0.147. The Morgan fingerprint density at radius 3 is 2.31 bits per heavy atom. The van der Waals surface area contributed by atoms with Gasteiger partial charge in [0.2, 0.25) is 0 Å². The minimum absolute atomic E-state index is 0.157. The molecule has 0 saturated heterocycles. The highest BCUT2D eigenvalue weighted by molar-refractivity contribution is 6.30. The Labute approximate surface area is 157 Å². The van der Waals surface area contributed by atoms with E-state index in [1.54, 1.807) is 31.2 Å². The lowest BCUT2D eigenvalue weighted by atomic mass is 9.98. The molecule has 0 N–H and O–H groups in total. The normalized spacial score (nSPS) is 23.8. The predicted octanol–water partition coefficient (Wildman–Crippen LogP) is 4.32. The highest BCUT2D eigenvalue weighted by Crippen LogP contribution is 2.66. The highest BCUT2D eigenvalue weighted by Gasteiger charge is 2.75. The second kappa shape index (κ2) is 6.93. The minimum atomic E-state index is -1.48. The summed E-state index contributed by atoms with van der Waals surface area (Å²) in [5, 5.41) is 10.3. The van der Waals surface area contributed by atoms with Gasteiger partial charge in [-0.1, -0.05) is 41.4 Å². The van der Waals surface area contributed by atoms with Gasteiger partial charge >= 0.3 is 5.97 Å². The maximum absolute atomic E-state index is 13.1. The lowest BCUT2D eigenvalue weighted by Crippen LogP contribution is -2.23. The van der Waals surface area contributed by atoms with Gasteiger partial charge in [-0.15, -0.1) is 0 Å². The number of esters is 1. The summed E-state index contributed by atoms with van der Waals surface area (Å²) in [4.78, 5) is 25.6. The van der Waals surface area contributed by atoms with Gasteiger partial charge in [0, 0.05) is 16.5 Å². The van der Waals surface area contributed by atoms with Crippen LogP contribution >= 0.6 is 11.6 Å². The zero-order chi connectivity index (χ0) is 18.9. The predicted molar refractivity (Wildman–Crippen MR) is 97.9 cm³/mol. The van der Waals surface area contributed by atoms with Crippen molar-refractivity contribution >= 4 is 23.4 Å². The molecular weight excluding hydrogens is 350 g/mol. The van der Waals surface area contributed by atoms with Gasteiger partial charge in [-0.25, -0.2) is 0 Å². The monoisotopic (exact) mass is 367 g/mol. The Balaban J connectivity index is 2.03. The first-order valence-corrected chi connectivity index (χ1v) is 8.78. The van der Waals surface area contributed by atoms with Gasteiger partial charge in [0.15, 0.2) is 11.2 Å². The van der Waals surface area contributed by atoms with Crippen LogP contribution in [0.2, 0.25) is 5.02 Å². The molecule has 3 rings (SSSR count). The van der Waals surface area contributed by atoms with Crippen LogP contribution < -0.4 is 0 Å². The summed E-state index contributed by atoms with van der Waals surface area (Å²) in [6.45, 7) is 3.79. The van der Waals surface area contributed by atoms with E-state index in [-0.39, 0.29) is 12.4 Å². The summed E-state index contributed by atoms with van der Waals surface area (Å²) in [7, 11) is 0. The Bertz CT molecular complexity index is 883. The van der Waals surface area contributed by atoms with E-state index in [1.165, 1.54) is 0 Å². The SMILES string of the molecule is CCOC(=O)C1(C#N)C(C(=O)c2ccc(Cl)cc2)C1c1ccc(C)cc1. The highest BCUT2D eigenvalue weighted by atomic mass is 35.5. The van der Waals surface area contributed by atoms with Crippen LogP contribution in [0.4, 0.5) is 0 Å². The van der Waals surface area contributed by atoms with Crippen LogP contribution in [0.1, 0.15) is 34.3 Å². The second-order valence-corrected chi connectivity index (χ2v) is 6.87. The quantitative estimate of drug-likeness (QED) is 0.583. The fraction of sp³-hybridized carbons (Fsp3) is 0.286. The lowest BCUT2D eigenvalue weighted by Gasteiger charge is -2.08. The topological polar surface area (TPSA) is 67.2 Å². The number of aryl methyl sites for hydroxylation is 1. The van der Waals surface area contributed by atoms with Gasteiger partial charge in [0.25, 0.3) is 0 Å². The van der Waals surface area contributed by atoms with Crippen molar-refractivity contribution in [2.24, 2.45) is 11.3 Å². The second-order valence-electron chi connectivity index (χ2n) is 6.44. The summed E-state index contributed by atoms with van der Waals surface area (Å²) in [5.41, 5.74) is 0.797. The maximum atomic E-state index is 13.1. The number of nitrogens with zero attached hydrogens (tertiary/aromatic N) is 1. The minimum Gasteiger partial charge on any atom is -0.465 e. The van der Waals surface area contributed by atoms with Crippen LogP contribution in [0.15, 0.2) is 48.5 Å². The summed E-state index contributed by atoms with van der Waals surface area (Å²) in [6.07, 6.45) is 0. The molecule has 0 amide bonds. The molecule has 1 aliphatic carbocycles. The molecule has 0 radical (unpaired) electrons. The summed E-state index contributed by atoms with van der Waals surface area (Å²) >= 11 is 5.89. The number of carbonyl (C=O) groups is 2. The number of hydrogen-bond donors (Lipinski definition) is 0. The van der Waals surface area contributed by atoms with Crippen LogP contribution in [0.3, 0.4) is 0 Å². The number of ether oxygens (including phenoxy) is 1. The molecular formula is C21H18ClNO3. The van der Waals surface area contributed by atoms with Crippen molar-refractivity contribution in [2.75, 3.05) is 6.61 Å². The van der Waals surface area contributed by atoms with Gasteiger partial charge in [0.05, 0.1) is 18.6 Å². The zero-order valence-corrected chi connectivity index (χ0v) is 15.3. The van der Waals surface area contributed by atoms with Crippen molar-refractivity contribution in [1.82, 2.24) is 0 Å². The third-order valence-electron chi connectivity index (χ3n) is 4.85. The fourth-order valence-electron chi connectivity index (χ4n) is 3.46. The molecule has 3 unspecified atom stereocenters. The molecule has 4 nitrogen and oxygen atoms in total. The van der Waals surface area contributed by atoms with Gasteiger partial charge in [-0.3, -0.25) is 9.59 Å². The molecule has 2 aromatic carbocycles. The standard InChI is InChI=1S/C21H18ClNO3/c1-3-26-20(25)21(12-23)17(14-6-4-13(2)5-7-14)18(21)19(24)15-8-10-16(22)11-9-15/h4-11,17-18H,3H2,1-2H3. The molecule has 5 heteroatoms. The molecule has 0 aromatic heterocycles. The van der Waals surface area contributed by atoms with E-state index in [2.05, 4.69) is 6.07 Å². The molecule has 0 aliphatic heterocycles. The van der Waals surface area contributed by atoms with Gasteiger partial charge < -0.3 is 4.74 Å². The number of Topliss-reactive ketones (excluding diaryl/α,β-unsaturated/α-hetero) is 1. The molecule has 1 saturated carbocycles. The van der Waals surface area contributed by atoms with E-state index in [9.17, 15) is 14.9 Å². The van der Waals surface area contributed by atoms with Crippen molar-refractivity contribution in [1.29, 1.82) is 5.26 Å². The Hall–Kier alpha value is -2.64. The van der Waals surface area contributed by atoms with Gasteiger partial charge in [0.1, 0.15) is 0 Å². The summed E-state index contributed by atoms with van der Waals surface area (Å²) < 4.78 is 5.14. The molecule has 1 aliphatic rings. The van der Waals surface area contributed by atoms with E-state index < -0.39 is 23.2 Å². The van der Waals surface area contributed by atoms with Crippen molar-refractivity contribution in [3.63, 3.8) is 0 Å². The molecule has 3 atom stereocenters. The average molecular weight is 368 g/mol. The Kier molecular flexibility index (Phi) is 4.84. The molecule has 2 aromatic rings. The smallest absolute Gasteiger partial charge is 0.327 e. The van der Waals surface area contributed by atoms with Gasteiger partial charge in [-0.2, -0.15) is 5.26 Å². The average Bonchev–Trinajstić information content (AvgIpc) is 3.33. The van der Waals surface area contributed by atoms with Crippen LogP contribution in [-0.4, -0.2) is 18.4 Å². The van der Waals surface area contributed by atoms with E-state index in [0.717, 1.165) is 11.1 Å². The largest absolute Gasteiger partial charge is 0.465 e. The zero-order valence-electron chi connectivity index (χ0n) is 14.5. The van der Waals surface area contributed by atoms with Crippen LogP contribution in [0.25, 0.3) is 0 Å². The number of rotatable bonds is 5. The molecule has 132 valence electrons. The molecule has 0 bridgehead atoms. The molecule has 0 heterocycles. The van der Waals surface area contributed by atoms with E-state index in [1.807, 2.05) is 31.2 Å². The first-order chi connectivity index (χ1) is 12.5. The van der Waals surface area contributed by atoms with E-state index in [4.69, 9.17) is 16.3 Å². The van der Waals surface area contributed by atoms with E-state index >= 15 is 0 Å². The maximum Gasteiger partial charge on any atom is 0.327 e. The third-order valence-corrected chi connectivity index (χ3v) is 5.10. The summed E-state index contributed by atoms with van der Waals surface area (Å²) in [6, 6.07) is 16.1. The number of benzene rings is 2. The third kappa shape index (κ3) is 2.89. The first-order valence-electron chi connectivity index (χ1n) is 8.40. The number of halogens is 1. The molecule has 26 heavy (non-hydrogen) atoms. The Morgan fingerprint density at radius 1 is 1.15 bits per heavy atom. The Morgan fingerprint density at radius 2 is 1.77 bits per heavy atom. The van der Waals surface area contributed by atoms with Crippen molar-refractivity contribution in [2.45, 2.75) is 19.8 Å². The molecule has 0 spiro atoms. The van der Waals surface area contributed by atoms with Crippen LogP contribution in [0.5, 0.6) is 0 Å². The van der Waals surface area contributed by atoms with Crippen molar-refractivity contribution in [3.05, 3.63) is 70.2 Å². The van der Waals surface area contributed by atoms with Crippen molar-refractivity contribution in [3.8, 4) is 6.07 Å². The molecule has 1 fully saturated rings. The van der Waals surface area contributed by atoms with Crippen molar-refractivity contribution < 1.29 is 14.3 Å². The van der Waals surface area contributed by atoms with Crippen LogP contribution in [0, 0.1) is 29.6 Å². The fourth-order valence-corrected chi connectivity index (χ4v) is 3.58. The number of ketones is 1. The summed E-state index contributed by atoms with van der Waals surface area (Å²) in [5.74, 6) is -2.17. The first kappa shape index (κ1) is 18.2. The van der Waals surface area contributed by atoms with E-state index in [0.29, 0.717) is 10.6 Å². The number of carbonyl (C=O) groups excluding carboxylic acids is 2. The van der Waals surface area contributed by atoms with Crippen LogP contribution in [-0.2, 0) is 9.53 Å².